The van der Waals surface area contributed by atoms with Crippen LogP contribution in [0.4, 0.5) is 11.4 Å². The van der Waals surface area contributed by atoms with Crippen LogP contribution in [-0.2, 0) is 19.8 Å². The molecule has 0 radical (unpaired) electrons. The predicted octanol–water partition coefficient (Wildman–Crippen LogP) is 3.71. The van der Waals surface area contributed by atoms with Gasteiger partial charge in [0.05, 0.1) is 36.7 Å². The quantitative estimate of drug-likeness (QED) is 0.157. The van der Waals surface area contributed by atoms with E-state index in [1.807, 2.05) is 0 Å². The number of nitrogens with zero attached hydrogens (tertiary/aromatic N) is 3. The second-order valence-electron chi connectivity index (χ2n) is 8.18. The number of hydrogen-bond donors (Lipinski definition) is 2. The maximum Gasteiger partial charge on any atom is 0.364 e. The average molecular weight is 564 g/mol. The number of carboxylic acid groups (broad SMARTS) is 1. The van der Waals surface area contributed by atoms with Crippen LogP contribution in [0, 0.1) is 11.8 Å². The second kappa shape index (κ2) is 13.0. The molecule has 11 nitrogen and oxygen atoms in total. The molecule has 2 aromatic heterocycles. The van der Waals surface area contributed by atoms with E-state index in [2.05, 4.69) is 21.8 Å². The van der Waals surface area contributed by atoms with Gasteiger partial charge in [0, 0.05) is 36.0 Å². The number of para-hydroxylation sites is 2. The molecule has 2 heterocycles. The van der Waals surface area contributed by atoms with E-state index in [1.54, 1.807) is 43.5 Å². The number of hydrogen-bond acceptors (Lipinski definition) is 8. The van der Waals surface area contributed by atoms with Gasteiger partial charge in [-0.15, -0.1) is 0 Å². The standard InChI is InChI=1S/C28H25N3O8S/c1-37-15-16-38-17-18-39-26-13-14-29-27-22(26)6-4-8-25(27)31(40(34,35)36)24-7-3-2-5-21(24)11-9-20-10-12-23(28(32)33)30-19-20/h2-8,10,12-14,19H,15-18H2,1H3,(H,32,33)(H,34,35,36). The summed E-state index contributed by atoms with van der Waals surface area (Å²) in [6, 6.07) is 15.7. The van der Waals surface area contributed by atoms with Crippen molar-refractivity contribution in [2.24, 2.45) is 0 Å². The Balaban J connectivity index is 1.71. The lowest BCUT2D eigenvalue weighted by Crippen LogP contribution is -2.26. The molecule has 0 amide bonds. The van der Waals surface area contributed by atoms with Gasteiger partial charge >= 0.3 is 16.3 Å². The van der Waals surface area contributed by atoms with E-state index in [4.69, 9.17) is 19.3 Å². The molecule has 0 aliphatic carbocycles. The smallest absolute Gasteiger partial charge is 0.364 e. The molecular formula is C28H25N3O8S. The van der Waals surface area contributed by atoms with Crippen LogP contribution in [0.5, 0.6) is 5.75 Å². The first kappa shape index (κ1) is 28.5. The van der Waals surface area contributed by atoms with Crippen LogP contribution in [0.2, 0.25) is 0 Å². The number of carbonyl (C=O) groups is 1. The zero-order valence-corrected chi connectivity index (χ0v) is 22.2. The minimum absolute atomic E-state index is 0.0831. The summed E-state index contributed by atoms with van der Waals surface area (Å²) in [4.78, 5) is 19.3. The zero-order chi connectivity index (χ0) is 28.5. The lowest BCUT2D eigenvalue weighted by Gasteiger charge is -2.23. The van der Waals surface area contributed by atoms with Crippen molar-refractivity contribution >= 4 is 38.6 Å². The van der Waals surface area contributed by atoms with Crippen LogP contribution >= 0.6 is 0 Å². The lowest BCUT2D eigenvalue weighted by atomic mass is 10.1. The van der Waals surface area contributed by atoms with Gasteiger partial charge in [0.15, 0.2) is 0 Å². The van der Waals surface area contributed by atoms with Gasteiger partial charge < -0.3 is 19.3 Å². The summed E-state index contributed by atoms with van der Waals surface area (Å²) in [5.41, 5.74) is 1.00. The molecule has 0 unspecified atom stereocenters. The number of aromatic nitrogens is 2. The molecule has 0 aliphatic rings. The molecule has 206 valence electrons. The Bertz CT molecular complexity index is 1660. The normalized spacial score (nSPS) is 11.1. The summed E-state index contributed by atoms with van der Waals surface area (Å²) in [5, 5.41) is 9.56. The van der Waals surface area contributed by atoms with Crippen molar-refractivity contribution in [3.8, 4) is 17.6 Å². The van der Waals surface area contributed by atoms with Gasteiger partial charge in [0.25, 0.3) is 0 Å². The molecule has 2 aromatic carbocycles. The monoisotopic (exact) mass is 563 g/mol. The summed E-state index contributed by atoms with van der Waals surface area (Å²) >= 11 is 0. The predicted molar refractivity (Wildman–Crippen MR) is 147 cm³/mol. The van der Waals surface area contributed by atoms with Crippen molar-refractivity contribution in [1.29, 1.82) is 0 Å². The Labute approximate surface area is 230 Å². The van der Waals surface area contributed by atoms with Crippen LogP contribution in [0.1, 0.15) is 21.6 Å². The molecule has 0 spiro atoms. The fourth-order valence-electron chi connectivity index (χ4n) is 3.75. The fourth-order valence-corrected chi connectivity index (χ4v) is 4.55. The maximum atomic E-state index is 12.8. The largest absolute Gasteiger partial charge is 0.490 e. The van der Waals surface area contributed by atoms with Crippen molar-refractivity contribution in [2.45, 2.75) is 0 Å². The highest BCUT2D eigenvalue weighted by Crippen LogP contribution is 2.37. The van der Waals surface area contributed by atoms with E-state index < -0.39 is 16.3 Å². The van der Waals surface area contributed by atoms with E-state index in [9.17, 15) is 17.8 Å². The van der Waals surface area contributed by atoms with Crippen LogP contribution in [0.3, 0.4) is 0 Å². The number of methoxy groups -OCH3 is 1. The molecule has 0 bridgehead atoms. The molecule has 0 fully saturated rings. The number of fused-ring (bicyclic) bond motifs is 1. The second-order valence-corrected chi connectivity index (χ2v) is 9.44. The van der Waals surface area contributed by atoms with Gasteiger partial charge in [-0.2, -0.15) is 8.42 Å². The van der Waals surface area contributed by atoms with Crippen molar-refractivity contribution in [1.82, 2.24) is 9.97 Å². The van der Waals surface area contributed by atoms with Gasteiger partial charge in [-0.3, -0.25) is 9.54 Å². The minimum atomic E-state index is -4.85. The van der Waals surface area contributed by atoms with Crippen molar-refractivity contribution in [3.05, 3.63) is 89.9 Å². The van der Waals surface area contributed by atoms with Gasteiger partial charge in [-0.25, -0.2) is 14.1 Å². The third-order valence-corrected chi connectivity index (χ3v) is 6.38. The molecular weight excluding hydrogens is 538 g/mol. The molecule has 2 N–H and O–H groups in total. The SMILES string of the molecule is COCCOCCOc1ccnc2c(N(c3ccccc3C#Cc3ccc(C(=O)O)nc3)S(=O)(=O)O)cccc12. The molecule has 40 heavy (non-hydrogen) atoms. The number of anilines is 2. The first-order chi connectivity index (χ1) is 19.3. The van der Waals surface area contributed by atoms with Crippen LogP contribution in [-0.4, -0.2) is 67.6 Å². The number of ether oxygens (including phenoxy) is 3. The zero-order valence-electron chi connectivity index (χ0n) is 21.4. The van der Waals surface area contributed by atoms with Crippen molar-refractivity contribution in [2.75, 3.05) is 37.8 Å². The minimum Gasteiger partial charge on any atom is -0.490 e. The molecule has 0 atom stereocenters. The molecule has 0 aliphatic heterocycles. The Kier molecular flexibility index (Phi) is 9.26. The average Bonchev–Trinajstić information content (AvgIpc) is 2.94. The topological polar surface area (TPSA) is 148 Å². The van der Waals surface area contributed by atoms with Gasteiger partial charge in [0.1, 0.15) is 18.1 Å². The number of carboxylic acids is 1. The maximum absolute atomic E-state index is 12.8. The molecule has 12 heteroatoms. The van der Waals surface area contributed by atoms with Crippen LogP contribution in [0.25, 0.3) is 10.9 Å². The summed E-state index contributed by atoms with van der Waals surface area (Å²) in [5.74, 6) is 5.03. The number of benzene rings is 2. The Hall–Kier alpha value is -4.54. The fraction of sp³-hybridized carbons (Fsp3) is 0.179. The van der Waals surface area contributed by atoms with E-state index in [0.29, 0.717) is 36.5 Å². The highest BCUT2D eigenvalue weighted by atomic mass is 32.2. The van der Waals surface area contributed by atoms with Crippen molar-refractivity contribution in [3.63, 3.8) is 0 Å². The first-order valence-corrected chi connectivity index (χ1v) is 13.3. The van der Waals surface area contributed by atoms with E-state index in [-0.39, 0.29) is 34.8 Å². The first-order valence-electron chi connectivity index (χ1n) is 11.9. The molecule has 0 saturated heterocycles. The summed E-state index contributed by atoms with van der Waals surface area (Å²) in [6.07, 6.45) is 2.78. The van der Waals surface area contributed by atoms with Crippen LogP contribution < -0.4 is 9.04 Å². The number of pyridine rings is 2. The third-order valence-electron chi connectivity index (χ3n) is 5.52. The molecule has 4 aromatic rings. The van der Waals surface area contributed by atoms with Gasteiger partial charge in [-0.05, 0) is 42.5 Å². The Morgan fingerprint density at radius 1 is 0.925 bits per heavy atom. The highest BCUT2D eigenvalue weighted by Gasteiger charge is 2.27. The Morgan fingerprint density at radius 3 is 2.42 bits per heavy atom. The van der Waals surface area contributed by atoms with Crippen LogP contribution in [0.15, 0.2) is 73.1 Å². The number of aromatic carboxylic acids is 1. The van der Waals surface area contributed by atoms with E-state index >= 15 is 0 Å². The van der Waals surface area contributed by atoms with Gasteiger partial charge in [0.2, 0.25) is 0 Å². The Morgan fingerprint density at radius 2 is 1.70 bits per heavy atom. The third kappa shape index (κ3) is 6.90. The molecule has 4 rings (SSSR count). The summed E-state index contributed by atoms with van der Waals surface area (Å²) < 4.78 is 52.9. The van der Waals surface area contributed by atoms with E-state index in [1.165, 1.54) is 36.7 Å². The summed E-state index contributed by atoms with van der Waals surface area (Å²) in [7, 11) is -3.27. The molecule has 0 saturated carbocycles. The lowest BCUT2D eigenvalue weighted by molar-refractivity contribution is 0.0546. The highest BCUT2D eigenvalue weighted by molar-refractivity contribution is 7.87. The van der Waals surface area contributed by atoms with Crippen molar-refractivity contribution < 1.29 is 37.1 Å². The van der Waals surface area contributed by atoms with E-state index in [0.717, 1.165) is 4.31 Å². The summed E-state index contributed by atoms with van der Waals surface area (Å²) in [6.45, 7) is 1.46. The van der Waals surface area contributed by atoms with Gasteiger partial charge in [-0.1, -0.05) is 30.0 Å². The number of rotatable bonds is 11.